The van der Waals surface area contributed by atoms with Gasteiger partial charge in [-0.05, 0) is 54.8 Å². The number of aryl methyl sites for hydroxylation is 1. The van der Waals surface area contributed by atoms with Crippen LogP contribution in [0, 0.1) is 18.8 Å². The molecule has 2 aliphatic heterocycles. The molecule has 13 nitrogen and oxygen atoms in total. The molecule has 0 spiro atoms. The predicted molar refractivity (Wildman–Crippen MR) is 211 cm³/mol. The van der Waals surface area contributed by atoms with Crippen LogP contribution in [0.5, 0.6) is 5.75 Å². The number of fused-ring (bicyclic) bond motifs is 1. The van der Waals surface area contributed by atoms with Gasteiger partial charge >= 0.3 is 23.9 Å². The third kappa shape index (κ3) is 10.4. The summed E-state index contributed by atoms with van der Waals surface area (Å²) >= 11 is 13.3. The van der Waals surface area contributed by atoms with Gasteiger partial charge in [-0.15, -0.1) is 5.92 Å². The number of para-hydroxylation sites is 4. The summed E-state index contributed by atoms with van der Waals surface area (Å²) in [7, 11) is 1.71. The molecule has 1 saturated heterocycles. The SMILES string of the molecule is COc1ccccc1N1CCN(CC#CCC2(Cc3ccc(C)cc3)C(=O)N(c3c(Cl)cccc3Cl)c3ccccc32)CC1.O=C(O)C(=O)O.O=C(O)C(=O)O. The van der Waals surface area contributed by atoms with Crippen molar-refractivity contribution in [3.8, 4) is 17.6 Å². The number of hydrogen-bond acceptors (Lipinski definition) is 8. The number of carbonyl (C=O) groups is 5. The van der Waals surface area contributed by atoms with E-state index in [1.165, 1.54) is 5.56 Å². The van der Waals surface area contributed by atoms with Crippen molar-refractivity contribution in [1.82, 2.24) is 4.90 Å². The van der Waals surface area contributed by atoms with E-state index in [0.29, 0.717) is 35.1 Å². The molecule has 0 aromatic heterocycles. The molecule has 2 aliphatic rings. The van der Waals surface area contributed by atoms with Gasteiger partial charge in [-0.25, -0.2) is 19.2 Å². The van der Waals surface area contributed by atoms with Crippen molar-refractivity contribution in [3.63, 3.8) is 0 Å². The van der Waals surface area contributed by atoms with Crippen molar-refractivity contribution in [2.24, 2.45) is 0 Å². The van der Waals surface area contributed by atoms with E-state index in [-0.39, 0.29) is 5.91 Å². The average Bonchev–Trinajstić information content (AvgIpc) is 3.41. The molecule has 4 aromatic rings. The van der Waals surface area contributed by atoms with E-state index < -0.39 is 29.3 Å². The van der Waals surface area contributed by atoms with Gasteiger partial charge in [0.05, 0.1) is 46.2 Å². The molecule has 1 amide bonds. The highest BCUT2D eigenvalue weighted by Crippen LogP contribution is 2.51. The Hall–Kier alpha value is -6.07. The third-order valence-electron chi connectivity index (χ3n) is 9.04. The molecule has 56 heavy (non-hydrogen) atoms. The molecule has 4 aromatic carbocycles. The molecular formula is C41H39Cl2N3O10. The smallest absolute Gasteiger partial charge is 0.414 e. The summed E-state index contributed by atoms with van der Waals surface area (Å²) < 4.78 is 5.57. The molecule has 1 atom stereocenters. The number of hydrogen-bond donors (Lipinski definition) is 4. The number of ether oxygens (including phenoxy) is 1. The Morgan fingerprint density at radius 3 is 1.80 bits per heavy atom. The van der Waals surface area contributed by atoms with Crippen molar-refractivity contribution >= 4 is 70.0 Å². The number of benzene rings is 4. The zero-order valence-corrected chi connectivity index (χ0v) is 32.0. The second kappa shape index (κ2) is 19.5. The Kier molecular flexibility index (Phi) is 14.9. The first kappa shape index (κ1) is 42.7. The van der Waals surface area contributed by atoms with Gasteiger partial charge in [-0.3, -0.25) is 14.6 Å². The van der Waals surface area contributed by atoms with E-state index in [1.54, 1.807) is 30.2 Å². The molecule has 4 N–H and O–H groups in total. The Labute approximate surface area is 333 Å². The summed E-state index contributed by atoms with van der Waals surface area (Å²) in [5, 5.41) is 30.4. The largest absolute Gasteiger partial charge is 0.495 e. The van der Waals surface area contributed by atoms with E-state index in [2.05, 4.69) is 58.9 Å². The highest BCUT2D eigenvalue weighted by atomic mass is 35.5. The van der Waals surface area contributed by atoms with Gasteiger partial charge in [0.25, 0.3) is 0 Å². The first-order chi connectivity index (χ1) is 26.7. The molecular weight excluding hydrogens is 765 g/mol. The van der Waals surface area contributed by atoms with Crippen LogP contribution in [-0.2, 0) is 35.8 Å². The number of methoxy groups -OCH3 is 1. The molecule has 0 bridgehead atoms. The van der Waals surface area contributed by atoms with E-state index in [4.69, 9.17) is 67.5 Å². The first-order valence-corrected chi connectivity index (χ1v) is 17.9. The molecule has 0 radical (unpaired) electrons. The van der Waals surface area contributed by atoms with Gasteiger partial charge in [0.2, 0.25) is 5.91 Å². The quantitative estimate of drug-likeness (QED) is 0.127. The molecule has 1 unspecified atom stereocenters. The van der Waals surface area contributed by atoms with Gasteiger partial charge in [-0.1, -0.05) is 95.3 Å². The lowest BCUT2D eigenvalue weighted by atomic mass is 9.74. The number of rotatable bonds is 7. The average molecular weight is 805 g/mol. The first-order valence-electron chi connectivity index (χ1n) is 17.1. The standard InChI is InChI=1S/C37H35Cl2N3O2.2C2H2O4/c1-27-16-18-28(19-17-27)26-37(20-7-8-21-40-22-24-41(25-23-40)33-14-5-6-15-34(33)44-2)29-10-3-4-13-32(29)42(36(37)43)35-30(38)11-9-12-31(35)39;2*3-1(4)2(5)6/h3-6,9-19H,20-26H2,1-2H3;2*(H,3,4)(H,5,6). The molecule has 0 saturated carbocycles. The second-order valence-electron chi connectivity index (χ2n) is 12.7. The van der Waals surface area contributed by atoms with Crippen molar-refractivity contribution in [1.29, 1.82) is 0 Å². The zero-order valence-electron chi connectivity index (χ0n) is 30.4. The Morgan fingerprint density at radius 2 is 1.25 bits per heavy atom. The lowest BCUT2D eigenvalue weighted by Gasteiger charge is -2.35. The van der Waals surface area contributed by atoms with Crippen LogP contribution in [0.4, 0.5) is 17.1 Å². The Bertz CT molecular complexity index is 2070. The van der Waals surface area contributed by atoms with Gasteiger partial charge in [0.1, 0.15) is 5.75 Å². The second-order valence-corrected chi connectivity index (χ2v) is 13.5. The highest BCUT2D eigenvalue weighted by molar-refractivity contribution is 6.41. The fourth-order valence-corrected chi connectivity index (χ4v) is 6.88. The number of aliphatic carboxylic acids is 4. The number of carboxylic acid groups (broad SMARTS) is 4. The lowest BCUT2D eigenvalue weighted by molar-refractivity contribution is -0.159. The van der Waals surface area contributed by atoms with Crippen LogP contribution in [-0.4, -0.2) is 94.9 Å². The molecule has 0 aliphatic carbocycles. The number of carboxylic acids is 4. The lowest BCUT2D eigenvalue weighted by Crippen LogP contribution is -2.46. The number of carbonyl (C=O) groups excluding carboxylic acids is 1. The Balaban J connectivity index is 0.000000505. The molecule has 2 heterocycles. The number of nitrogens with zero attached hydrogens (tertiary/aromatic N) is 3. The van der Waals surface area contributed by atoms with Crippen LogP contribution in [0.3, 0.4) is 0 Å². The van der Waals surface area contributed by atoms with Crippen LogP contribution >= 0.6 is 23.2 Å². The minimum Gasteiger partial charge on any atom is -0.495 e. The van der Waals surface area contributed by atoms with Crippen molar-refractivity contribution < 1.29 is 49.1 Å². The number of halogens is 2. The van der Waals surface area contributed by atoms with Crippen LogP contribution in [0.1, 0.15) is 23.1 Å². The minimum atomic E-state index is -1.82. The van der Waals surface area contributed by atoms with Crippen LogP contribution in [0.25, 0.3) is 0 Å². The Morgan fingerprint density at radius 1 is 0.714 bits per heavy atom. The summed E-state index contributed by atoms with van der Waals surface area (Å²) in [5.41, 5.74) is 4.76. The fourth-order valence-electron chi connectivity index (χ4n) is 6.31. The van der Waals surface area contributed by atoms with E-state index >= 15 is 0 Å². The normalized spacial score (nSPS) is 15.8. The van der Waals surface area contributed by atoms with Gasteiger partial charge in [-0.2, -0.15) is 0 Å². The van der Waals surface area contributed by atoms with Crippen molar-refractivity contribution in [3.05, 3.63) is 118 Å². The van der Waals surface area contributed by atoms with Crippen molar-refractivity contribution in [2.45, 2.75) is 25.2 Å². The van der Waals surface area contributed by atoms with Gasteiger partial charge in [0, 0.05) is 32.6 Å². The summed E-state index contributed by atoms with van der Waals surface area (Å²) in [5.74, 6) is 0.399. The number of piperazine rings is 1. The van der Waals surface area contributed by atoms with Crippen LogP contribution in [0.2, 0.25) is 10.0 Å². The highest BCUT2D eigenvalue weighted by Gasteiger charge is 2.51. The van der Waals surface area contributed by atoms with E-state index in [0.717, 1.165) is 54.4 Å². The van der Waals surface area contributed by atoms with E-state index in [1.807, 2.05) is 42.5 Å². The number of anilines is 3. The monoisotopic (exact) mass is 803 g/mol. The summed E-state index contributed by atoms with van der Waals surface area (Å²) in [6.45, 7) is 6.33. The van der Waals surface area contributed by atoms with Crippen LogP contribution < -0.4 is 14.5 Å². The van der Waals surface area contributed by atoms with Crippen LogP contribution in [0.15, 0.2) is 91.0 Å². The maximum atomic E-state index is 14.7. The van der Waals surface area contributed by atoms with Gasteiger partial charge in [0.15, 0.2) is 0 Å². The molecule has 1 fully saturated rings. The predicted octanol–water partition coefficient (Wildman–Crippen LogP) is 6.00. The molecule has 6 rings (SSSR count). The maximum Gasteiger partial charge on any atom is 0.414 e. The molecule has 292 valence electrons. The summed E-state index contributed by atoms with van der Waals surface area (Å²) in [4.78, 5) is 57.5. The maximum absolute atomic E-state index is 14.7. The topological polar surface area (TPSA) is 185 Å². The third-order valence-corrected chi connectivity index (χ3v) is 9.65. The zero-order chi connectivity index (χ0) is 41.0. The molecule has 15 heteroatoms. The minimum absolute atomic E-state index is 0.0611. The van der Waals surface area contributed by atoms with Crippen molar-refractivity contribution in [2.75, 3.05) is 49.6 Å². The van der Waals surface area contributed by atoms with E-state index in [9.17, 15) is 4.79 Å². The van der Waals surface area contributed by atoms with Gasteiger partial charge < -0.3 is 30.1 Å². The summed E-state index contributed by atoms with van der Waals surface area (Å²) in [6.07, 6.45) is 0.907. The number of amides is 1. The summed E-state index contributed by atoms with van der Waals surface area (Å²) in [6, 6.07) is 29.8. The fraction of sp³-hybridized carbons (Fsp3) is 0.244.